The van der Waals surface area contributed by atoms with E-state index in [4.69, 9.17) is 9.47 Å². The minimum absolute atomic E-state index is 0.322. The number of carbonyl (C=O) groups excluding carboxylic acids is 2. The maximum atomic E-state index is 13.0. The SMILES string of the molecule is CCCCOC(=O)C(OC(=O)c1cccc(C)c1CCCC)c1ccccc1. The van der Waals surface area contributed by atoms with Gasteiger partial charge in [0, 0.05) is 5.56 Å². The Kier molecular flexibility index (Phi) is 8.73. The standard InChI is InChI=1S/C24H30O4/c1-4-6-15-20-18(3)12-11-16-21(20)23(25)28-22(19-13-9-8-10-14-19)24(26)27-17-7-5-2/h8-14,16,22H,4-7,15,17H2,1-3H3. The molecule has 0 fully saturated rings. The van der Waals surface area contributed by atoms with Crippen LogP contribution in [0.3, 0.4) is 0 Å². The van der Waals surface area contributed by atoms with Crippen LogP contribution in [0, 0.1) is 6.92 Å². The van der Waals surface area contributed by atoms with Gasteiger partial charge in [-0.3, -0.25) is 0 Å². The molecule has 0 radical (unpaired) electrons. The van der Waals surface area contributed by atoms with Crippen molar-refractivity contribution in [1.82, 2.24) is 0 Å². The number of aryl methyl sites for hydroxylation is 1. The third-order valence-electron chi connectivity index (χ3n) is 4.69. The molecule has 0 saturated carbocycles. The Bertz CT molecular complexity index is 767. The molecule has 0 N–H and O–H groups in total. The van der Waals surface area contributed by atoms with E-state index in [9.17, 15) is 9.59 Å². The van der Waals surface area contributed by atoms with Gasteiger partial charge < -0.3 is 9.47 Å². The number of rotatable bonds is 10. The van der Waals surface area contributed by atoms with E-state index in [0.717, 1.165) is 43.2 Å². The Morgan fingerprint density at radius 3 is 2.32 bits per heavy atom. The van der Waals surface area contributed by atoms with Crippen LogP contribution in [-0.2, 0) is 20.7 Å². The molecule has 0 aromatic heterocycles. The summed E-state index contributed by atoms with van der Waals surface area (Å²) in [6, 6.07) is 14.6. The molecule has 150 valence electrons. The second-order valence-electron chi connectivity index (χ2n) is 6.92. The predicted molar refractivity (Wildman–Crippen MR) is 110 cm³/mol. The van der Waals surface area contributed by atoms with Crippen molar-refractivity contribution in [2.75, 3.05) is 6.61 Å². The summed E-state index contributed by atoms with van der Waals surface area (Å²) in [4.78, 5) is 25.6. The zero-order valence-electron chi connectivity index (χ0n) is 17.1. The molecular weight excluding hydrogens is 352 g/mol. The third-order valence-corrected chi connectivity index (χ3v) is 4.69. The maximum Gasteiger partial charge on any atom is 0.352 e. The molecule has 2 aromatic carbocycles. The molecule has 0 amide bonds. The predicted octanol–water partition coefficient (Wildman–Crippen LogP) is 5.58. The summed E-state index contributed by atoms with van der Waals surface area (Å²) < 4.78 is 11.0. The van der Waals surface area contributed by atoms with Crippen LogP contribution in [0.4, 0.5) is 0 Å². The minimum Gasteiger partial charge on any atom is -0.463 e. The summed E-state index contributed by atoms with van der Waals surface area (Å²) in [7, 11) is 0. The first kappa shape index (κ1) is 21.7. The first-order valence-electron chi connectivity index (χ1n) is 10.1. The molecule has 4 nitrogen and oxygen atoms in total. The first-order valence-corrected chi connectivity index (χ1v) is 10.1. The largest absolute Gasteiger partial charge is 0.463 e. The van der Waals surface area contributed by atoms with Crippen LogP contribution >= 0.6 is 0 Å². The van der Waals surface area contributed by atoms with Gasteiger partial charge in [0.2, 0.25) is 6.10 Å². The van der Waals surface area contributed by atoms with Crippen molar-refractivity contribution in [3.8, 4) is 0 Å². The molecule has 0 aliphatic heterocycles. The van der Waals surface area contributed by atoms with Crippen LogP contribution in [0.15, 0.2) is 48.5 Å². The Morgan fingerprint density at radius 1 is 0.929 bits per heavy atom. The number of carbonyl (C=O) groups is 2. The Morgan fingerprint density at radius 2 is 1.64 bits per heavy atom. The summed E-state index contributed by atoms with van der Waals surface area (Å²) in [6.45, 7) is 6.46. The molecule has 1 atom stereocenters. The highest BCUT2D eigenvalue weighted by atomic mass is 16.6. The van der Waals surface area contributed by atoms with Crippen LogP contribution in [0.2, 0.25) is 0 Å². The lowest BCUT2D eigenvalue weighted by Gasteiger charge is -2.19. The number of benzene rings is 2. The van der Waals surface area contributed by atoms with E-state index in [-0.39, 0.29) is 0 Å². The fourth-order valence-electron chi connectivity index (χ4n) is 3.02. The van der Waals surface area contributed by atoms with Crippen molar-refractivity contribution in [2.45, 2.75) is 59.0 Å². The lowest BCUT2D eigenvalue weighted by molar-refractivity contribution is -0.154. The summed E-state index contributed by atoms with van der Waals surface area (Å²) in [5.74, 6) is -1.02. The fraction of sp³-hybridized carbons (Fsp3) is 0.417. The molecule has 28 heavy (non-hydrogen) atoms. The zero-order valence-corrected chi connectivity index (χ0v) is 17.1. The molecule has 2 aromatic rings. The number of unbranched alkanes of at least 4 members (excludes halogenated alkanes) is 2. The van der Waals surface area contributed by atoms with Crippen LogP contribution < -0.4 is 0 Å². The van der Waals surface area contributed by atoms with Gasteiger partial charge in [0.05, 0.1) is 12.2 Å². The van der Waals surface area contributed by atoms with Crippen molar-refractivity contribution in [3.05, 3.63) is 70.8 Å². The topological polar surface area (TPSA) is 52.6 Å². The Hall–Kier alpha value is -2.62. The summed E-state index contributed by atoms with van der Waals surface area (Å²) >= 11 is 0. The van der Waals surface area contributed by atoms with Crippen molar-refractivity contribution in [2.24, 2.45) is 0 Å². The second-order valence-corrected chi connectivity index (χ2v) is 6.92. The number of hydrogen-bond donors (Lipinski definition) is 0. The molecule has 1 unspecified atom stereocenters. The van der Waals surface area contributed by atoms with Crippen molar-refractivity contribution in [3.63, 3.8) is 0 Å². The fourth-order valence-corrected chi connectivity index (χ4v) is 3.02. The maximum absolute atomic E-state index is 13.0. The number of hydrogen-bond acceptors (Lipinski definition) is 4. The molecule has 0 bridgehead atoms. The van der Waals surface area contributed by atoms with Gasteiger partial charge in [-0.2, -0.15) is 0 Å². The van der Waals surface area contributed by atoms with Gasteiger partial charge in [-0.15, -0.1) is 0 Å². The van der Waals surface area contributed by atoms with Crippen molar-refractivity contribution < 1.29 is 19.1 Å². The van der Waals surface area contributed by atoms with E-state index in [1.165, 1.54) is 0 Å². The van der Waals surface area contributed by atoms with Crippen LogP contribution in [-0.4, -0.2) is 18.5 Å². The average Bonchev–Trinajstić information content (AvgIpc) is 2.71. The molecular formula is C24H30O4. The van der Waals surface area contributed by atoms with Gasteiger partial charge in [0.15, 0.2) is 0 Å². The number of ether oxygens (including phenoxy) is 2. The van der Waals surface area contributed by atoms with Gasteiger partial charge in [0.1, 0.15) is 0 Å². The highest BCUT2D eigenvalue weighted by Crippen LogP contribution is 2.24. The molecule has 4 heteroatoms. The van der Waals surface area contributed by atoms with E-state index in [1.54, 1.807) is 18.2 Å². The molecule has 0 heterocycles. The average molecular weight is 383 g/mol. The minimum atomic E-state index is -1.06. The summed E-state index contributed by atoms with van der Waals surface area (Å²) in [5, 5.41) is 0. The number of esters is 2. The zero-order chi connectivity index (χ0) is 20.4. The van der Waals surface area contributed by atoms with Crippen LogP contribution in [0.5, 0.6) is 0 Å². The van der Waals surface area contributed by atoms with E-state index in [1.807, 2.05) is 44.2 Å². The smallest absolute Gasteiger partial charge is 0.352 e. The van der Waals surface area contributed by atoms with Gasteiger partial charge >= 0.3 is 11.9 Å². The molecule has 0 aliphatic carbocycles. The second kappa shape index (κ2) is 11.3. The van der Waals surface area contributed by atoms with Crippen molar-refractivity contribution in [1.29, 1.82) is 0 Å². The first-order chi connectivity index (χ1) is 13.6. The van der Waals surface area contributed by atoms with Gasteiger partial charge in [0.25, 0.3) is 0 Å². The van der Waals surface area contributed by atoms with E-state index < -0.39 is 18.0 Å². The summed E-state index contributed by atoms with van der Waals surface area (Å²) in [5.41, 5.74) is 3.18. The summed E-state index contributed by atoms with van der Waals surface area (Å²) in [6.07, 6.45) is 3.48. The van der Waals surface area contributed by atoms with E-state index in [2.05, 4.69) is 6.92 Å². The van der Waals surface area contributed by atoms with Crippen molar-refractivity contribution >= 4 is 11.9 Å². The lowest BCUT2D eigenvalue weighted by atomic mass is 9.97. The monoisotopic (exact) mass is 382 g/mol. The Balaban J connectivity index is 2.25. The van der Waals surface area contributed by atoms with Crippen LogP contribution in [0.1, 0.15) is 72.7 Å². The highest BCUT2D eigenvalue weighted by Gasteiger charge is 2.28. The van der Waals surface area contributed by atoms with Gasteiger partial charge in [-0.25, -0.2) is 9.59 Å². The quantitative estimate of drug-likeness (QED) is 0.398. The normalized spacial score (nSPS) is 11.7. The van der Waals surface area contributed by atoms with E-state index >= 15 is 0 Å². The lowest BCUT2D eigenvalue weighted by Crippen LogP contribution is -2.23. The molecule has 2 rings (SSSR count). The van der Waals surface area contributed by atoms with Crippen LogP contribution in [0.25, 0.3) is 0 Å². The van der Waals surface area contributed by atoms with E-state index in [0.29, 0.717) is 17.7 Å². The molecule has 0 saturated heterocycles. The third kappa shape index (κ3) is 5.95. The molecule has 0 spiro atoms. The van der Waals surface area contributed by atoms with Gasteiger partial charge in [-0.1, -0.05) is 69.2 Å². The molecule has 0 aliphatic rings. The highest BCUT2D eigenvalue weighted by molar-refractivity contribution is 5.93. The Labute approximate surface area is 167 Å². The van der Waals surface area contributed by atoms with Gasteiger partial charge in [-0.05, 0) is 43.4 Å².